The third kappa shape index (κ3) is 5.83. The van der Waals surface area contributed by atoms with Crippen LogP contribution in [0.25, 0.3) is 16.8 Å². The van der Waals surface area contributed by atoms with Gasteiger partial charge in [0.2, 0.25) is 0 Å². The van der Waals surface area contributed by atoms with E-state index in [-0.39, 0.29) is 22.7 Å². The van der Waals surface area contributed by atoms with Gasteiger partial charge in [-0.25, -0.2) is 8.42 Å². The van der Waals surface area contributed by atoms with Gasteiger partial charge >= 0.3 is 6.18 Å². The van der Waals surface area contributed by atoms with Crippen LogP contribution >= 0.6 is 0 Å². The first-order valence-electron chi connectivity index (χ1n) is 12.6. The number of nitrogens with zero attached hydrogens (tertiary/aromatic N) is 2. The third-order valence-corrected chi connectivity index (χ3v) is 8.92. The van der Waals surface area contributed by atoms with E-state index in [9.17, 15) is 31.2 Å². The first kappa shape index (κ1) is 29.8. The van der Waals surface area contributed by atoms with Crippen LogP contribution in [0, 0.1) is 20.8 Å². The Kier molecular flexibility index (Phi) is 7.99. The summed E-state index contributed by atoms with van der Waals surface area (Å²) in [4.78, 5) is 27.1. The summed E-state index contributed by atoms with van der Waals surface area (Å²) < 4.78 is 71.6. The monoisotopic (exact) mass is 587 g/mol. The summed E-state index contributed by atoms with van der Waals surface area (Å²) in [7, 11) is -3.47. The Labute approximate surface area is 234 Å². The molecule has 0 radical (unpaired) electrons. The molecular formula is C29H28F3N3O5S. The molecule has 0 unspecified atom stereocenters. The highest BCUT2D eigenvalue weighted by atomic mass is 32.2. The number of nitrogens with one attached hydrogen (secondary N) is 1. The first-order chi connectivity index (χ1) is 19.1. The molecule has 2 heterocycles. The average molecular weight is 588 g/mol. The van der Waals surface area contributed by atoms with Crippen molar-refractivity contribution < 1.29 is 30.9 Å². The van der Waals surface area contributed by atoms with E-state index in [0.717, 1.165) is 16.7 Å². The summed E-state index contributed by atoms with van der Waals surface area (Å²) in [5, 5.41) is 5.99. The van der Waals surface area contributed by atoms with Crippen LogP contribution < -0.4 is 10.9 Å². The number of carbonyl (C=O) groups is 1. The molecule has 12 heteroatoms. The summed E-state index contributed by atoms with van der Waals surface area (Å²) in [5.74, 6) is -0.356. The Morgan fingerprint density at radius 2 is 1.71 bits per heavy atom. The zero-order valence-electron chi connectivity index (χ0n) is 23.0. The maximum Gasteiger partial charge on any atom is 0.416 e. The van der Waals surface area contributed by atoms with Crippen LogP contribution in [-0.2, 0) is 22.6 Å². The number of aromatic nitrogens is 2. The molecule has 4 aromatic rings. The van der Waals surface area contributed by atoms with Gasteiger partial charge in [0.15, 0.2) is 9.84 Å². The molecule has 0 atom stereocenters. The van der Waals surface area contributed by atoms with Crippen molar-refractivity contribution in [1.29, 1.82) is 0 Å². The number of hydrogen-bond donors (Lipinski definition) is 1. The Morgan fingerprint density at radius 1 is 1.05 bits per heavy atom. The lowest BCUT2D eigenvalue weighted by atomic mass is 9.99. The van der Waals surface area contributed by atoms with Gasteiger partial charge in [-0.1, -0.05) is 23.4 Å². The van der Waals surface area contributed by atoms with Gasteiger partial charge in [0.05, 0.1) is 21.4 Å². The predicted octanol–water partition coefficient (Wildman–Crippen LogP) is 5.55. The molecule has 0 saturated heterocycles. The van der Waals surface area contributed by atoms with Crippen LogP contribution in [0.15, 0.2) is 68.8 Å². The number of pyridine rings is 1. The zero-order chi connectivity index (χ0) is 30.3. The van der Waals surface area contributed by atoms with E-state index >= 15 is 0 Å². The maximum absolute atomic E-state index is 13.6. The normalized spacial score (nSPS) is 12.1. The van der Waals surface area contributed by atoms with Gasteiger partial charge < -0.3 is 9.84 Å². The second kappa shape index (κ2) is 11.0. The third-order valence-electron chi connectivity index (χ3n) is 6.75. The smallest absolute Gasteiger partial charge is 0.361 e. The Hall–Kier alpha value is -4.19. The number of aryl methyl sites for hydroxylation is 2. The molecule has 1 N–H and O–H groups in total. The largest absolute Gasteiger partial charge is 0.416 e. The number of sulfone groups is 1. The van der Waals surface area contributed by atoms with Gasteiger partial charge in [0.1, 0.15) is 11.3 Å². The highest BCUT2D eigenvalue weighted by Gasteiger charge is 2.31. The van der Waals surface area contributed by atoms with Crippen molar-refractivity contribution in [3.63, 3.8) is 0 Å². The molecule has 0 bridgehead atoms. The van der Waals surface area contributed by atoms with E-state index in [4.69, 9.17) is 4.52 Å². The fourth-order valence-corrected chi connectivity index (χ4v) is 5.53. The predicted molar refractivity (Wildman–Crippen MR) is 147 cm³/mol. The fourth-order valence-electron chi connectivity index (χ4n) is 4.47. The molecular weight excluding hydrogens is 559 g/mol. The average Bonchev–Trinajstić information content (AvgIpc) is 3.24. The molecule has 4 rings (SSSR count). The minimum absolute atomic E-state index is 0.0294. The van der Waals surface area contributed by atoms with Crippen LogP contribution in [0.3, 0.4) is 0 Å². The van der Waals surface area contributed by atoms with Crippen LogP contribution in [0.4, 0.5) is 13.2 Å². The van der Waals surface area contributed by atoms with Crippen LogP contribution in [0.1, 0.15) is 52.5 Å². The number of amides is 1. The number of rotatable bonds is 7. The second-order valence-corrected chi connectivity index (χ2v) is 12.4. The maximum atomic E-state index is 13.6. The van der Waals surface area contributed by atoms with E-state index in [1.54, 1.807) is 46.8 Å². The number of benzene rings is 2. The standard InChI is InChI=1S/C29H28F3N3O5S/c1-16(2)41(38,39)23-11-9-20(10-12-23)15-33-27(36)25-14-24(26-17(3)34-40-19(26)5)18(4)35(28(25)37)22-8-6-7-21(13-22)29(30,31)32/h6-14,16H,15H2,1-5H3,(H,33,36). The number of hydrogen-bond acceptors (Lipinski definition) is 6. The molecule has 8 nitrogen and oxygen atoms in total. The lowest BCUT2D eigenvalue weighted by Gasteiger charge is -2.18. The van der Waals surface area contributed by atoms with Crippen molar-refractivity contribution in [2.24, 2.45) is 0 Å². The number of halogens is 3. The molecule has 0 aliphatic rings. The van der Waals surface area contributed by atoms with Crippen molar-refractivity contribution in [2.45, 2.75) is 57.5 Å². The second-order valence-electron chi connectivity index (χ2n) is 9.87. The molecule has 0 fully saturated rings. The summed E-state index contributed by atoms with van der Waals surface area (Å²) in [6.45, 7) is 8.02. The molecule has 2 aromatic heterocycles. The Balaban J connectivity index is 1.78. The van der Waals surface area contributed by atoms with Crippen molar-refractivity contribution in [3.05, 3.63) is 98.8 Å². The van der Waals surface area contributed by atoms with E-state index in [0.29, 0.717) is 33.8 Å². The summed E-state index contributed by atoms with van der Waals surface area (Å²) in [6, 6.07) is 11.7. The van der Waals surface area contributed by atoms with E-state index < -0.39 is 38.3 Å². The Bertz CT molecular complexity index is 1770. The molecule has 0 aliphatic heterocycles. The van der Waals surface area contributed by atoms with Gasteiger partial charge in [0, 0.05) is 29.1 Å². The fraction of sp³-hybridized carbons (Fsp3) is 0.276. The molecule has 0 saturated carbocycles. The molecule has 41 heavy (non-hydrogen) atoms. The van der Waals surface area contributed by atoms with Gasteiger partial charge in [-0.3, -0.25) is 14.2 Å². The van der Waals surface area contributed by atoms with Crippen molar-refractivity contribution in [1.82, 2.24) is 15.0 Å². The van der Waals surface area contributed by atoms with Gasteiger partial charge in [-0.2, -0.15) is 13.2 Å². The van der Waals surface area contributed by atoms with E-state index in [1.165, 1.54) is 30.3 Å². The molecule has 216 valence electrons. The molecule has 0 spiro atoms. The Morgan fingerprint density at radius 3 is 2.27 bits per heavy atom. The van der Waals surface area contributed by atoms with E-state index in [1.807, 2.05) is 0 Å². The van der Waals surface area contributed by atoms with Gasteiger partial charge in [-0.15, -0.1) is 0 Å². The lowest BCUT2D eigenvalue weighted by molar-refractivity contribution is -0.137. The van der Waals surface area contributed by atoms with Crippen molar-refractivity contribution >= 4 is 15.7 Å². The minimum Gasteiger partial charge on any atom is -0.361 e. The SMILES string of the molecule is Cc1noc(C)c1-c1cc(C(=O)NCc2ccc(S(=O)(=O)C(C)C)cc2)c(=O)n(-c2cccc(C(F)(F)F)c2)c1C. The van der Waals surface area contributed by atoms with Gasteiger partial charge in [0.25, 0.3) is 11.5 Å². The van der Waals surface area contributed by atoms with Crippen LogP contribution in [0.2, 0.25) is 0 Å². The zero-order valence-corrected chi connectivity index (χ0v) is 23.8. The number of carbonyl (C=O) groups excluding carboxylic acids is 1. The van der Waals surface area contributed by atoms with Crippen molar-refractivity contribution in [2.75, 3.05) is 0 Å². The summed E-state index contributed by atoms with van der Waals surface area (Å²) >= 11 is 0. The molecule has 1 amide bonds. The quantitative estimate of drug-likeness (QED) is 0.304. The van der Waals surface area contributed by atoms with Crippen LogP contribution in [-0.4, -0.2) is 29.3 Å². The summed E-state index contributed by atoms with van der Waals surface area (Å²) in [5.41, 5.74) is 0.133. The number of alkyl halides is 3. The first-order valence-corrected chi connectivity index (χ1v) is 14.2. The van der Waals surface area contributed by atoms with Crippen molar-refractivity contribution in [3.8, 4) is 16.8 Å². The summed E-state index contributed by atoms with van der Waals surface area (Å²) in [6.07, 6.45) is -4.64. The highest BCUT2D eigenvalue weighted by Crippen LogP contribution is 2.33. The highest BCUT2D eigenvalue weighted by molar-refractivity contribution is 7.92. The van der Waals surface area contributed by atoms with Gasteiger partial charge in [-0.05, 0) is 76.6 Å². The topological polar surface area (TPSA) is 111 Å². The lowest BCUT2D eigenvalue weighted by Crippen LogP contribution is -2.33. The van der Waals surface area contributed by atoms with Crippen LogP contribution in [0.5, 0.6) is 0 Å². The minimum atomic E-state index is -4.64. The molecule has 2 aromatic carbocycles. The van der Waals surface area contributed by atoms with E-state index in [2.05, 4.69) is 10.5 Å². The molecule has 0 aliphatic carbocycles.